The van der Waals surface area contributed by atoms with Gasteiger partial charge in [-0.3, -0.25) is 4.98 Å². The second kappa shape index (κ2) is 7.40. The lowest BCUT2D eigenvalue weighted by atomic mass is 9.86. The third-order valence-electron chi connectivity index (χ3n) is 4.70. The van der Waals surface area contributed by atoms with Crippen molar-refractivity contribution in [2.24, 2.45) is 0 Å². The van der Waals surface area contributed by atoms with E-state index in [0.717, 1.165) is 17.7 Å². The van der Waals surface area contributed by atoms with Gasteiger partial charge in [-0.15, -0.1) is 0 Å². The molecule has 3 aromatic rings. The highest BCUT2D eigenvalue weighted by Gasteiger charge is 2.30. The summed E-state index contributed by atoms with van der Waals surface area (Å²) in [7, 11) is 0. The lowest BCUT2D eigenvalue weighted by molar-refractivity contribution is -0.137. The fourth-order valence-electron chi connectivity index (χ4n) is 2.93. The molecule has 1 N–H and O–H groups in total. The van der Waals surface area contributed by atoms with Crippen molar-refractivity contribution in [1.29, 1.82) is 0 Å². The zero-order valence-electron chi connectivity index (χ0n) is 16.0. The van der Waals surface area contributed by atoms with E-state index in [1.165, 1.54) is 17.7 Å². The van der Waals surface area contributed by atoms with Crippen LogP contribution < -0.4 is 0 Å². The van der Waals surface area contributed by atoms with Crippen LogP contribution in [0.1, 0.15) is 49.1 Å². The van der Waals surface area contributed by atoms with Crippen molar-refractivity contribution < 1.29 is 18.3 Å². The molecule has 3 rings (SSSR count). The second-order valence-electron chi connectivity index (χ2n) is 7.83. The molecule has 0 aliphatic rings. The topological polar surface area (TPSA) is 33.1 Å². The monoisotopic (exact) mass is 385 g/mol. The molecule has 0 aliphatic carbocycles. The van der Waals surface area contributed by atoms with Crippen molar-refractivity contribution in [2.75, 3.05) is 0 Å². The molecule has 28 heavy (non-hydrogen) atoms. The van der Waals surface area contributed by atoms with Crippen molar-refractivity contribution in [1.82, 2.24) is 4.98 Å². The number of rotatable bonds is 3. The molecule has 2 aromatic carbocycles. The van der Waals surface area contributed by atoms with Gasteiger partial charge in [0, 0.05) is 17.3 Å². The Morgan fingerprint density at radius 1 is 0.750 bits per heavy atom. The number of aliphatic hydroxyl groups is 1. The second-order valence-corrected chi connectivity index (χ2v) is 7.83. The number of benzene rings is 2. The number of nitrogens with zero attached hydrogens (tertiary/aromatic N) is 1. The molecule has 1 heterocycles. The zero-order valence-corrected chi connectivity index (χ0v) is 16.0. The Labute approximate surface area is 162 Å². The summed E-state index contributed by atoms with van der Waals surface area (Å²) in [5, 5.41) is 10.6. The average molecular weight is 385 g/mol. The first-order valence-corrected chi connectivity index (χ1v) is 8.98. The minimum Gasteiger partial charge on any atom is -0.384 e. The van der Waals surface area contributed by atoms with E-state index in [9.17, 15) is 18.3 Å². The molecule has 0 spiro atoms. The predicted molar refractivity (Wildman–Crippen MR) is 104 cm³/mol. The Bertz CT molecular complexity index is 922. The Morgan fingerprint density at radius 2 is 1.29 bits per heavy atom. The summed E-state index contributed by atoms with van der Waals surface area (Å²) in [6.45, 7) is 6.38. The predicted octanol–water partition coefficient (Wildman–Crippen LogP) is 6.15. The van der Waals surface area contributed by atoms with Crippen molar-refractivity contribution >= 4 is 0 Å². The molecule has 0 fully saturated rings. The van der Waals surface area contributed by atoms with Crippen molar-refractivity contribution in [2.45, 2.75) is 38.5 Å². The van der Waals surface area contributed by atoms with Crippen LogP contribution in [0.25, 0.3) is 11.3 Å². The van der Waals surface area contributed by atoms with Crippen LogP contribution >= 0.6 is 0 Å². The quantitative estimate of drug-likeness (QED) is 0.587. The van der Waals surface area contributed by atoms with Crippen LogP contribution in [0.15, 0.2) is 66.9 Å². The van der Waals surface area contributed by atoms with Gasteiger partial charge in [0.15, 0.2) is 0 Å². The van der Waals surface area contributed by atoms with Crippen LogP contribution in [0, 0.1) is 0 Å². The first-order chi connectivity index (χ1) is 13.1. The van der Waals surface area contributed by atoms with Crippen LogP contribution in [0.3, 0.4) is 0 Å². The maximum atomic E-state index is 12.7. The number of pyridine rings is 1. The van der Waals surface area contributed by atoms with Crippen LogP contribution in [-0.2, 0) is 11.6 Å². The molecule has 0 bridgehead atoms. The highest BCUT2D eigenvalue weighted by molar-refractivity contribution is 5.59. The van der Waals surface area contributed by atoms with E-state index >= 15 is 0 Å². The maximum Gasteiger partial charge on any atom is 0.416 e. The normalized spacial score (nSPS) is 13.4. The number of hydrogen-bond acceptors (Lipinski definition) is 2. The number of aromatic nitrogens is 1. The number of hydrogen-bond donors (Lipinski definition) is 1. The summed E-state index contributed by atoms with van der Waals surface area (Å²) in [4.78, 5) is 4.30. The average Bonchev–Trinajstić information content (AvgIpc) is 2.66. The van der Waals surface area contributed by atoms with Crippen molar-refractivity contribution in [3.05, 3.63) is 89.1 Å². The molecule has 1 aromatic heterocycles. The molecule has 146 valence electrons. The summed E-state index contributed by atoms with van der Waals surface area (Å²) < 4.78 is 38.0. The van der Waals surface area contributed by atoms with Gasteiger partial charge in [0.25, 0.3) is 0 Å². The number of alkyl halides is 3. The van der Waals surface area contributed by atoms with E-state index in [1.54, 1.807) is 18.3 Å². The first kappa shape index (κ1) is 20.1. The van der Waals surface area contributed by atoms with Crippen LogP contribution in [0.2, 0.25) is 0 Å². The SMILES string of the molecule is CC(C)(C)c1ccc(C(O)c2ccc(-c3ccc(C(F)(F)F)cc3)nc2)cc1. The molecular formula is C23H22F3NO. The molecule has 1 unspecified atom stereocenters. The smallest absolute Gasteiger partial charge is 0.384 e. The summed E-state index contributed by atoms with van der Waals surface area (Å²) in [5.41, 5.74) is 3.04. The highest BCUT2D eigenvalue weighted by Crippen LogP contribution is 2.31. The molecule has 0 radical (unpaired) electrons. The molecule has 0 aliphatic heterocycles. The van der Waals surface area contributed by atoms with Crippen LogP contribution in [0.4, 0.5) is 13.2 Å². The van der Waals surface area contributed by atoms with Crippen molar-refractivity contribution in [3.63, 3.8) is 0 Å². The number of aliphatic hydroxyl groups excluding tert-OH is 1. The van der Waals surface area contributed by atoms with Gasteiger partial charge in [-0.05, 0) is 34.7 Å². The van der Waals surface area contributed by atoms with Gasteiger partial charge >= 0.3 is 6.18 Å². The zero-order chi connectivity index (χ0) is 20.5. The largest absolute Gasteiger partial charge is 0.416 e. The Kier molecular flexibility index (Phi) is 5.31. The minimum absolute atomic E-state index is 0.0361. The van der Waals surface area contributed by atoms with E-state index in [-0.39, 0.29) is 5.41 Å². The van der Waals surface area contributed by atoms with E-state index in [1.807, 2.05) is 24.3 Å². The van der Waals surface area contributed by atoms with E-state index in [2.05, 4.69) is 25.8 Å². The highest BCUT2D eigenvalue weighted by atomic mass is 19.4. The third kappa shape index (κ3) is 4.42. The number of halogens is 3. The standard InChI is InChI=1S/C23H22F3NO/c1-22(2,3)18-9-6-16(7-10-18)21(28)17-8-13-20(27-14-17)15-4-11-19(12-5-15)23(24,25)26/h4-14,21,28H,1-3H3. The minimum atomic E-state index is -4.36. The fraction of sp³-hybridized carbons (Fsp3) is 0.261. The summed E-state index contributed by atoms with van der Waals surface area (Å²) >= 11 is 0. The molecule has 0 saturated heterocycles. The van der Waals surface area contributed by atoms with Crippen molar-refractivity contribution in [3.8, 4) is 11.3 Å². The van der Waals surface area contributed by atoms with Gasteiger partial charge < -0.3 is 5.11 Å². The fourth-order valence-corrected chi connectivity index (χ4v) is 2.93. The van der Waals surface area contributed by atoms with Gasteiger partial charge in [-0.2, -0.15) is 13.2 Å². The van der Waals surface area contributed by atoms with E-state index < -0.39 is 17.8 Å². The molecular weight excluding hydrogens is 363 g/mol. The van der Waals surface area contributed by atoms with E-state index in [0.29, 0.717) is 16.8 Å². The Balaban J connectivity index is 1.78. The summed E-state index contributed by atoms with van der Waals surface area (Å²) in [6, 6.07) is 16.1. The summed E-state index contributed by atoms with van der Waals surface area (Å²) in [5.74, 6) is 0. The first-order valence-electron chi connectivity index (χ1n) is 8.98. The third-order valence-corrected chi connectivity index (χ3v) is 4.70. The van der Waals surface area contributed by atoms with Crippen LogP contribution in [-0.4, -0.2) is 10.1 Å². The summed E-state index contributed by atoms with van der Waals surface area (Å²) in [6.07, 6.45) is -3.62. The molecule has 0 saturated carbocycles. The van der Waals surface area contributed by atoms with Gasteiger partial charge in [-0.1, -0.05) is 63.2 Å². The van der Waals surface area contributed by atoms with Gasteiger partial charge in [0.2, 0.25) is 0 Å². The maximum absolute atomic E-state index is 12.7. The van der Waals surface area contributed by atoms with Gasteiger partial charge in [0.1, 0.15) is 6.10 Å². The lowest BCUT2D eigenvalue weighted by Gasteiger charge is -2.20. The molecule has 5 heteroatoms. The van der Waals surface area contributed by atoms with Gasteiger partial charge in [-0.25, -0.2) is 0 Å². The van der Waals surface area contributed by atoms with E-state index in [4.69, 9.17) is 0 Å². The van der Waals surface area contributed by atoms with Gasteiger partial charge in [0.05, 0.1) is 11.3 Å². The molecule has 2 nitrogen and oxygen atoms in total. The molecule has 0 amide bonds. The Hall–Kier alpha value is -2.66. The molecule has 1 atom stereocenters. The lowest BCUT2D eigenvalue weighted by Crippen LogP contribution is -2.11. The Morgan fingerprint density at radius 3 is 1.75 bits per heavy atom. The van der Waals surface area contributed by atoms with Crippen LogP contribution in [0.5, 0.6) is 0 Å².